The first-order valence-electron chi connectivity index (χ1n) is 12.4. The van der Waals surface area contributed by atoms with E-state index < -0.39 is 18.0 Å². The molecule has 0 aliphatic carbocycles. The highest BCUT2D eigenvalue weighted by molar-refractivity contribution is 7.10. The van der Waals surface area contributed by atoms with Gasteiger partial charge in [0.05, 0.1) is 30.0 Å². The minimum absolute atomic E-state index is 0.223. The van der Waals surface area contributed by atoms with Gasteiger partial charge in [-0.05, 0) is 47.7 Å². The fourth-order valence-corrected chi connectivity index (χ4v) is 6.06. The number of carbonyl (C=O) groups excluding carboxylic acids is 1. The number of carboxylic acids is 1. The number of aromatic nitrogens is 1. The summed E-state index contributed by atoms with van der Waals surface area (Å²) >= 11 is 2.76. The highest BCUT2D eigenvalue weighted by Crippen LogP contribution is 2.33. The number of ether oxygens (including phenoxy) is 3. The van der Waals surface area contributed by atoms with Crippen molar-refractivity contribution in [3.63, 3.8) is 0 Å². The van der Waals surface area contributed by atoms with Crippen LogP contribution in [-0.4, -0.2) is 35.8 Å². The van der Waals surface area contributed by atoms with Crippen molar-refractivity contribution in [1.82, 2.24) is 4.57 Å². The van der Waals surface area contributed by atoms with Gasteiger partial charge < -0.3 is 19.3 Å². The summed E-state index contributed by atoms with van der Waals surface area (Å²) in [4.78, 5) is 41.3. The molecule has 1 unspecified atom stereocenters. The number of thiazole rings is 1. The van der Waals surface area contributed by atoms with Crippen LogP contribution in [0.2, 0.25) is 0 Å². The first-order valence-corrected chi connectivity index (χ1v) is 14.1. The lowest BCUT2D eigenvalue weighted by Crippen LogP contribution is -2.39. The summed E-state index contributed by atoms with van der Waals surface area (Å²) in [5, 5.41) is 9.34. The Balaban J connectivity index is 0.000000909. The summed E-state index contributed by atoms with van der Waals surface area (Å²) in [5.41, 5.74) is 2.52. The fraction of sp³-hybridized carbons (Fsp3) is 0.200. The van der Waals surface area contributed by atoms with E-state index in [4.69, 9.17) is 24.1 Å². The van der Waals surface area contributed by atoms with Crippen LogP contribution in [0, 0.1) is 0 Å². The predicted octanol–water partition coefficient (Wildman–Crippen LogP) is 4.15. The number of carbonyl (C=O) groups is 2. The number of esters is 1. The van der Waals surface area contributed by atoms with Gasteiger partial charge in [-0.3, -0.25) is 14.2 Å². The maximum absolute atomic E-state index is 13.6. The molecule has 0 spiro atoms. The van der Waals surface area contributed by atoms with Crippen LogP contribution < -0.4 is 24.4 Å². The van der Waals surface area contributed by atoms with Crippen molar-refractivity contribution in [1.29, 1.82) is 0 Å². The molecule has 9 nitrogen and oxygen atoms in total. The van der Waals surface area contributed by atoms with Crippen LogP contribution >= 0.6 is 22.7 Å². The molecule has 212 valence electrons. The molecule has 0 saturated carbocycles. The van der Waals surface area contributed by atoms with E-state index in [2.05, 4.69) is 4.99 Å². The number of allylic oxidation sites excluding steroid dienone is 1. The Bertz CT molecular complexity index is 1750. The molecule has 0 fully saturated rings. The molecule has 0 saturated heterocycles. The first kappa shape index (κ1) is 29.5. The Morgan fingerprint density at radius 2 is 1.80 bits per heavy atom. The third-order valence-electron chi connectivity index (χ3n) is 5.96. The molecule has 2 aromatic carbocycles. The second-order valence-corrected chi connectivity index (χ2v) is 10.8. The van der Waals surface area contributed by atoms with Gasteiger partial charge in [-0.2, -0.15) is 0 Å². The third-order valence-corrected chi connectivity index (χ3v) is 7.87. The van der Waals surface area contributed by atoms with E-state index in [1.54, 1.807) is 24.7 Å². The van der Waals surface area contributed by atoms with Gasteiger partial charge in [-0.15, -0.1) is 11.3 Å². The molecule has 1 aliphatic rings. The molecule has 5 rings (SSSR count). The van der Waals surface area contributed by atoms with Crippen LogP contribution in [0.3, 0.4) is 0 Å². The van der Waals surface area contributed by atoms with Gasteiger partial charge in [-0.25, -0.2) is 9.79 Å². The van der Waals surface area contributed by atoms with Crippen LogP contribution in [0.25, 0.3) is 6.08 Å². The number of nitrogens with zero attached hydrogens (tertiary/aromatic N) is 2. The molecule has 41 heavy (non-hydrogen) atoms. The minimum Gasteiger partial charge on any atom is -0.493 e. The quantitative estimate of drug-likeness (QED) is 0.321. The van der Waals surface area contributed by atoms with Gasteiger partial charge in [0.1, 0.15) is 12.6 Å². The van der Waals surface area contributed by atoms with E-state index in [-0.39, 0.29) is 5.56 Å². The Hall–Kier alpha value is -4.48. The number of rotatable bonds is 7. The van der Waals surface area contributed by atoms with E-state index in [0.717, 1.165) is 22.9 Å². The smallest absolute Gasteiger partial charge is 0.338 e. The lowest BCUT2D eigenvalue weighted by Gasteiger charge is -2.22. The first-order chi connectivity index (χ1) is 19.7. The van der Waals surface area contributed by atoms with E-state index in [9.17, 15) is 9.59 Å². The SMILES string of the molecule is CC(=O)O.COC(=O)C1=C(C)N=c2sc(=Cc3ccc(OCc4ccccc4)c(OC)c3)c(=O)n2C1c1cccs1. The van der Waals surface area contributed by atoms with E-state index >= 15 is 0 Å². The van der Waals surface area contributed by atoms with Crippen molar-refractivity contribution in [3.05, 3.63) is 113 Å². The van der Waals surface area contributed by atoms with E-state index in [1.807, 2.05) is 66.0 Å². The molecule has 1 atom stereocenters. The van der Waals surface area contributed by atoms with Crippen LogP contribution in [0.1, 0.15) is 35.9 Å². The van der Waals surface area contributed by atoms with Crippen molar-refractivity contribution in [2.75, 3.05) is 14.2 Å². The standard InChI is InChI=1S/C28H24N2O5S2.C2H4O2/c1-17-24(27(32)34-3)25(22-10-7-13-36-22)30-26(31)23(37-28(30)29-17)15-19-11-12-20(21(14-19)33-2)35-16-18-8-5-4-6-9-18;1-2(3)4/h4-15,25H,16H2,1-3H3;1H3,(H,3,4). The van der Waals surface area contributed by atoms with Gasteiger partial charge in [0.2, 0.25) is 0 Å². The number of benzene rings is 2. The summed E-state index contributed by atoms with van der Waals surface area (Å²) in [6, 6.07) is 18.6. The van der Waals surface area contributed by atoms with Crippen molar-refractivity contribution >= 4 is 40.7 Å². The fourth-order valence-electron chi connectivity index (χ4n) is 4.19. The maximum Gasteiger partial charge on any atom is 0.338 e. The Morgan fingerprint density at radius 1 is 1.07 bits per heavy atom. The van der Waals surface area contributed by atoms with Gasteiger partial charge in [0.25, 0.3) is 11.5 Å². The molecule has 1 N–H and O–H groups in total. The predicted molar refractivity (Wildman–Crippen MR) is 157 cm³/mol. The molecular weight excluding hydrogens is 564 g/mol. The maximum atomic E-state index is 13.6. The third kappa shape index (κ3) is 6.82. The topological polar surface area (TPSA) is 116 Å². The normalized spacial score (nSPS) is 14.3. The number of hydrogen-bond acceptors (Lipinski definition) is 9. The molecular formula is C30H28N2O7S2. The van der Waals surface area contributed by atoms with Crippen molar-refractivity contribution in [2.24, 2.45) is 4.99 Å². The van der Waals surface area contributed by atoms with Gasteiger partial charge in [0, 0.05) is 11.8 Å². The van der Waals surface area contributed by atoms with Crippen molar-refractivity contribution in [3.8, 4) is 11.5 Å². The van der Waals surface area contributed by atoms with E-state index in [1.165, 1.54) is 29.8 Å². The molecule has 0 bridgehead atoms. The molecule has 1 aliphatic heterocycles. The number of methoxy groups -OCH3 is 2. The van der Waals surface area contributed by atoms with Gasteiger partial charge >= 0.3 is 5.97 Å². The number of carboxylic acid groups (broad SMARTS) is 1. The van der Waals surface area contributed by atoms with Crippen molar-refractivity contribution in [2.45, 2.75) is 26.5 Å². The Labute approximate surface area is 243 Å². The molecule has 11 heteroatoms. The minimum atomic E-state index is -0.833. The zero-order valence-electron chi connectivity index (χ0n) is 22.8. The summed E-state index contributed by atoms with van der Waals surface area (Å²) in [7, 11) is 2.92. The van der Waals surface area contributed by atoms with Crippen LogP contribution in [-0.2, 0) is 20.9 Å². The summed E-state index contributed by atoms with van der Waals surface area (Å²) in [6.07, 6.45) is 1.80. The number of thiophene rings is 1. The molecule has 0 amide bonds. The highest BCUT2D eigenvalue weighted by Gasteiger charge is 2.33. The van der Waals surface area contributed by atoms with Crippen LogP contribution in [0.4, 0.5) is 0 Å². The monoisotopic (exact) mass is 592 g/mol. The number of fused-ring (bicyclic) bond motifs is 1. The zero-order valence-corrected chi connectivity index (χ0v) is 24.5. The van der Waals surface area contributed by atoms with Crippen LogP contribution in [0.15, 0.2) is 87.1 Å². The average molecular weight is 593 g/mol. The lowest BCUT2D eigenvalue weighted by molar-refractivity contribution is -0.137. The van der Waals surface area contributed by atoms with Crippen molar-refractivity contribution < 1.29 is 28.9 Å². The number of hydrogen-bond donors (Lipinski definition) is 1. The summed E-state index contributed by atoms with van der Waals surface area (Å²) in [5.74, 6) is -0.150. The molecule has 4 aromatic rings. The second-order valence-electron chi connectivity index (χ2n) is 8.79. The Kier molecular flexibility index (Phi) is 9.53. The zero-order chi connectivity index (χ0) is 29.5. The molecule has 2 aromatic heterocycles. The molecule has 0 radical (unpaired) electrons. The average Bonchev–Trinajstić information content (AvgIpc) is 3.60. The lowest BCUT2D eigenvalue weighted by atomic mass is 10.0. The van der Waals surface area contributed by atoms with Crippen LogP contribution in [0.5, 0.6) is 11.5 Å². The van der Waals surface area contributed by atoms with Gasteiger partial charge in [-0.1, -0.05) is 53.8 Å². The summed E-state index contributed by atoms with van der Waals surface area (Å²) in [6.45, 7) is 3.27. The van der Waals surface area contributed by atoms with E-state index in [0.29, 0.717) is 38.7 Å². The Morgan fingerprint density at radius 3 is 2.44 bits per heavy atom. The highest BCUT2D eigenvalue weighted by atomic mass is 32.1. The summed E-state index contributed by atoms with van der Waals surface area (Å²) < 4.78 is 18.6. The number of aliphatic carboxylic acids is 1. The molecule has 3 heterocycles. The second kappa shape index (κ2) is 13.2. The van der Waals surface area contributed by atoms with Gasteiger partial charge in [0.15, 0.2) is 16.3 Å². The largest absolute Gasteiger partial charge is 0.493 e.